The zero-order chi connectivity index (χ0) is 17.6. The van der Waals surface area contributed by atoms with E-state index in [9.17, 15) is 0 Å². The first-order valence-corrected chi connectivity index (χ1v) is 9.27. The Morgan fingerprint density at radius 2 is 1.58 bits per heavy atom. The SMILES string of the molecule is c1ccc(CNc2ncc3c(n2)CCC(NCc2ccccc2)C3)cc1. The molecule has 4 nitrogen and oxygen atoms in total. The van der Waals surface area contributed by atoms with Crippen LogP contribution < -0.4 is 10.6 Å². The predicted molar refractivity (Wildman–Crippen MR) is 105 cm³/mol. The summed E-state index contributed by atoms with van der Waals surface area (Å²) in [5.41, 5.74) is 5.02. The quantitative estimate of drug-likeness (QED) is 0.715. The van der Waals surface area contributed by atoms with Crippen molar-refractivity contribution in [3.8, 4) is 0 Å². The fourth-order valence-corrected chi connectivity index (χ4v) is 3.40. The van der Waals surface area contributed by atoms with Crippen LogP contribution in [0.2, 0.25) is 0 Å². The maximum Gasteiger partial charge on any atom is 0.223 e. The summed E-state index contributed by atoms with van der Waals surface area (Å²) in [6, 6.07) is 21.4. The third-order valence-electron chi connectivity index (χ3n) is 4.88. The standard InChI is InChI=1S/C22H24N4/c1-3-7-17(8-4-1)14-23-20-11-12-21-19(13-20)16-25-22(26-21)24-15-18-9-5-2-6-10-18/h1-10,16,20,23H,11-15H2,(H,24,25,26). The number of aryl methyl sites for hydroxylation is 1. The summed E-state index contributed by atoms with van der Waals surface area (Å²) in [6.07, 6.45) is 5.12. The number of rotatable bonds is 6. The molecule has 4 rings (SSSR count). The van der Waals surface area contributed by atoms with Crippen LogP contribution in [-0.4, -0.2) is 16.0 Å². The molecule has 1 aliphatic rings. The van der Waals surface area contributed by atoms with Gasteiger partial charge in [0, 0.05) is 31.0 Å². The highest BCUT2D eigenvalue weighted by Crippen LogP contribution is 2.21. The molecule has 4 heteroatoms. The number of fused-ring (bicyclic) bond motifs is 1. The van der Waals surface area contributed by atoms with Gasteiger partial charge in [-0.2, -0.15) is 0 Å². The van der Waals surface area contributed by atoms with Gasteiger partial charge in [-0.15, -0.1) is 0 Å². The molecule has 0 radical (unpaired) electrons. The van der Waals surface area contributed by atoms with E-state index in [2.05, 4.69) is 58.1 Å². The first-order valence-electron chi connectivity index (χ1n) is 9.27. The van der Waals surface area contributed by atoms with Crippen LogP contribution in [-0.2, 0) is 25.9 Å². The fraction of sp³-hybridized carbons (Fsp3) is 0.273. The van der Waals surface area contributed by atoms with E-state index in [4.69, 9.17) is 4.98 Å². The third-order valence-corrected chi connectivity index (χ3v) is 4.88. The first-order chi connectivity index (χ1) is 12.9. The van der Waals surface area contributed by atoms with E-state index < -0.39 is 0 Å². The summed E-state index contributed by atoms with van der Waals surface area (Å²) in [7, 11) is 0. The van der Waals surface area contributed by atoms with Gasteiger partial charge in [0.25, 0.3) is 0 Å². The predicted octanol–water partition coefficient (Wildman–Crippen LogP) is 3.74. The summed E-state index contributed by atoms with van der Waals surface area (Å²) < 4.78 is 0. The molecule has 0 fully saturated rings. The lowest BCUT2D eigenvalue weighted by atomic mass is 9.92. The number of hydrogen-bond acceptors (Lipinski definition) is 4. The molecule has 2 N–H and O–H groups in total. The van der Waals surface area contributed by atoms with Gasteiger partial charge >= 0.3 is 0 Å². The molecule has 1 unspecified atom stereocenters. The molecule has 1 aliphatic carbocycles. The molecule has 1 heterocycles. The zero-order valence-electron chi connectivity index (χ0n) is 14.9. The number of benzene rings is 2. The highest BCUT2D eigenvalue weighted by atomic mass is 15.1. The maximum absolute atomic E-state index is 4.73. The number of nitrogens with zero attached hydrogens (tertiary/aromatic N) is 2. The van der Waals surface area contributed by atoms with Gasteiger partial charge < -0.3 is 10.6 Å². The molecule has 1 atom stereocenters. The summed E-state index contributed by atoms with van der Waals surface area (Å²) >= 11 is 0. The van der Waals surface area contributed by atoms with Crippen molar-refractivity contribution < 1.29 is 0 Å². The van der Waals surface area contributed by atoms with Gasteiger partial charge in [0.05, 0.1) is 0 Å². The monoisotopic (exact) mass is 344 g/mol. The van der Waals surface area contributed by atoms with Crippen molar-refractivity contribution in [3.63, 3.8) is 0 Å². The summed E-state index contributed by atoms with van der Waals surface area (Å²) in [4.78, 5) is 9.24. The Kier molecular flexibility index (Phi) is 5.22. The van der Waals surface area contributed by atoms with Gasteiger partial charge in [0.15, 0.2) is 0 Å². The zero-order valence-corrected chi connectivity index (χ0v) is 14.9. The van der Waals surface area contributed by atoms with E-state index in [1.54, 1.807) is 0 Å². The number of aromatic nitrogens is 2. The summed E-state index contributed by atoms with van der Waals surface area (Å²) in [6.45, 7) is 1.67. The Morgan fingerprint density at radius 3 is 2.31 bits per heavy atom. The van der Waals surface area contributed by atoms with Gasteiger partial charge in [-0.1, -0.05) is 60.7 Å². The average Bonchev–Trinajstić information content (AvgIpc) is 2.72. The number of anilines is 1. The lowest BCUT2D eigenvalue weighted by Crippen LogP contribution is -2.34. The molecular formula is C22H24N4. The van der Waals surface area contributed by atoms with Gasteiger partial charge in [0.1, 0.15) is 0 Å². The van der Waals surface area contributed by atoms with E-state index in [0.717, 1.165) is 38.3 Å². The molecule has 132 valence electrons. The Morgan fingerprint density at radius 1 is 0.885 bits per heavy atom. The van der Waals surface area contributed by atoms with Crippen LogP contribution in [0.4, 0.5) is 5.95 Å². The van der Waals surface area contributed by atoms with Crippen molar-refractivity contribution in [2.45, 2.75) is 38.4 Å². The van der Waals surface area contributed by atoms with Crippen molar-refractivity contribution in [1.82, 2.24) is 15.3 Å². The van der Waals surface area contributed by atoms with E-state index in [1.165, 1.54) is 22.4 Å². The highest BCUT2D eigenvalue weighted by Gasteiger charge is 2.20. The number of nitrogens with one attached hydrogen (secondary N) is 2. The molecular weight excluding hydrogens is 320 g/mol. The van der Waals surface area contributed by atoms with E-state index in [-0.39, 0.29) is 0 Å². The second-order valence-corrected chi connectivity index (χ2v) is 6.81. The summed E-state index contributed by atoms with van der Waals surface area (Å²) in [5.74, 6) is 0.725. The van der Waals surface area contributed by atoms with E-state index in [0.29, 0.717) is 6.04 Å². The topological polar surface area (TPSA) is 49.8 Å². The van der Waals surface area contributed by atoms with E-state index >= 15 is 0 Å². The van der Waals surface area contributed by atoms with Crippen molar-refractivity contribution in [2.24, 2.45) is 0 Å². The van der Waals surface area contributed by atoms with Crippen molar-refractivity contribution in [3.05, 3.63) is 89.2 Å². The molecule has 2 aromatic carbocycles. The lowest BCUT2D eigenvalue weighted by molar-refractivity contribution is 0.452. The van der Waals surface area contributed by atoms with Crippen molar-refractivity contribution in [1.29, 1.82) is 0 Å². The Labute approximate surface area is 154 Å². The highest BCUT2D eigenvalue weighted by molar-refractivity contribution is 5.33. The molecule has 26 heavy (non-hydrogen) atoms. The molecule has 0 amide bonds. The second-order valence-electron chi connectivity index (χ2n) is 6.81. The maximum atomic E-state index is 4.73. The molecule has 1 aromatic heterocycles. The van der Waals surface area contributed by atoms with Crippen LogP contribution in [0.15, 0.2) is 66.9 Å². The van der Waals surface area contributed by atoms with Gasteiger partial charge in [-0.3, -0.25) is 0 Å². The minimum absolute atomic E-state index is 0.495. The third kappa shape index (κ3) is 4.27. The van der Waals surface area contributed by atoms with Crippen LogP contribution in [0.3, 0.4) is 0 Å². The van der Waals surface area contributed by atoms with Crippen molar-refractivity contribution >= 4 is 5.95 Å². The van der Waals surface area contributed by atoms with Gasteiger partial charge in [-0.25, -0.2) is 9.97 Å². The fourth-order valence-electron chi connectivity index (χ4n) is 3.40. The minimum Gasteiger partial charge on any atom is -0.350 e. The van der Waals surface area contributed by atoms with Crippen LogP contribution in [0.25, 0.3) is 0 Å². The summed E-state index contributed by atoms with van der Waals surface area (Å²) in [5, 5.41) is 7.00. The Balaban J connectivity index is 1.33. The van der Waals surface area contributed by atoms with Gasteiger partial charge in [-0.05, 0) is 36.0 Å². The normalized spacial score (nSPS) is 16.1. The van der Waals surface area contributed by atoms with Crippen LogP contribution in [0, 0.1) is 0 Å². The minimum atomic E-state index is 0.495. The Hall–Kier alpha value is -2.72. The molecule has 3 aromatic rings. The molecule has 0 aliphatic heterocycles. The van der Waals surface area contributed by atoms with E-state index in [1.807, 2.05) is 24.4 Å². The van der Waals surface area contributed by atoms with Gasteiger partial charge in [0.2, 0.25) is 5.95 Å². The lowest BCUT2D eigenvalue weighted by Gasteiger charge is -2.25. The first kappa shape index (κ1) is 16.7. The second kappa shape index (κ2) is 8.11. The Bertz CT molecular complexity index is 833. The van der Waals surface area contributed by atoms with Crippen molar-refractivity contribution in [2.75, 3.05) is 5.32 Å². The van der Waals surface area contributed by atoms with Crippen LogP contribution in [0.5, 0.6) is 0 Å². The van der Waals surface area contributed by atoms with Crippen LogP contribution >= 0.6 is 0 Å². The largest absolute Gasteiger partial charge is 0.350 e. The molecule has 0 saturated carbocycles. The molecule has 0 bridgehead atoms. The smallest absolute Gasteiger partial charge is 0.223 e. The molecule has 0 saturated heterocycles. The van der Waals surface area contributed by atoms with Crippen LogP contribution in [0.1, 0.15) is 28.8 Å². The number of hydrogen-bond donors (Lipinski definition) is 2. The molecule has 0 spiro atoms. The average molecular weight is 344 g/mol.